The van der Waals surface area contributed by atoms with Crippen molar-refractivity contribution in [1.29, 1.82) is 0 Å². The molecule has 8 heteroatoms. The molecule has 3 heterocycles. The van der Waals surface area contributed by atoms with E-state index < -0.39 is 0 Å². The van der Waals surface area contributed by atoms with Gasteiger partial charge in [-0.05, 0) is 25.0 Å². The monoisotopic (exact) mass is 345 g/mol. The summed E-state index contributed by atoms with van der Waals surface area (Å²) < 4.78 is 5.78. The second-order valence-electron chi connectivity index (χ2n) is 6.29. The highest BCUT2D eigenvalue weighted by atomic mass is 15.4. The second kappa shape index (κ2) is 6.07. The number of hydrogen-bond acceptors (Lipinski definition) is 5. The first-order valence-corrected chi connectivity index (χ1v) is 8.50. The Labute approximate surface area is 149 Å². The van der Waals surface area contributed by atoms with E-state index in [0.717, 1.165) is 22.8 Å². The van der Waals surface area contributed by atoms with Gasteiger partial charge in [0.05, 0.1) is 11.4 Å². The Bertz CT molecular complexity index is 1020. The zero-order valence-corrected chi connectivity index (χ0v) is 14.0. The van der Waals surface area contributed by atoms with Crippen molar-refractivity contribution < 1.29 is 4.68 Å². The van der Waals surface area contributed by atoms with Crippen LogP contribution in [0.3, 0.4) is 0 Å². The van der Waals surface area contributed by atoms with E-state index in [1.807, 2.05) is 47.7 Å². The van der Waals surface area contributed by atoms with Crippen LogP contribution in [0, 0.1) is 0 Å². The van der Waals surface area contributed by atoms with Gasteiger partial charge >= 0.3 is 0 Å². The van der Waals surface area contributed by atoms with Gasteiger partial charge in [-0.25, -0.2) is 9.67 Å². The van der Waals surface area contributed by atoms with Crippen molar-refractivity contribution in [1.82, 2.24) is 29.5 Å². The highest BCUT2D eigenvalue weighted by Gasteiger charge is 2.26. The molecule has 1 aliphatic carbocycles. The first-order chi connectivity index (χ1) is 12.9. The average molecular weight is 345 g/mol. The van der Waals surface area contributed by atoms with E-state index in [1.165, 1.54) is 19.2 Å². The first-order valence-electron chi connectivity index (χ1n) is 8.50. The van der Waals surface area contributed by atoms with Crippen LogP contribution in [-0.2, 0) is 0 Å². The highest BCUT2D eigenvalue weighted by molar-refractivity contribution is 5.62. The van der Waals surface area contributed by atoms with Gasteiger partial charge in [0.25, 0.3) is 0 Å². The summed E-state index contributed by atoms with van der Waals surface area (Å²) >= 11 is 0. The minimum atomic E-state index is 0.551. The Balaban J connectivity index is 1.38. The summed E-state index contributed by atoms with van der Waals surface area (Å²) in [7, 11) is 0. The van der Waals surface area contributed by atoms with Crippen molar-refractivity contribution in [2.45, 2.75) is 18.9 Å². The Morgan fingerprint density at radius 2 is 1.96 bits per heavy atom. The quantitative estimate of drug-likeness (QED) is 0.560. The number of rotatable bonds is 5. The minimum absolute atomic E-state index is 0.551. The van der Waals surface area contributed by atoms with Crippen molar-refractivity contribution in [3.63, 3.8) is 0 Å². The first kappa shape index (κ1) is 14.8. The molecule has 8 nitrogen and oxygen atoms in total. The Morgan fingerprint density at radius 1 is 1.08 bits per heavy atom. The van der Waals surface area contributed by atoms with Crippen molar-refractivity contribution in [3.8, 4) is 17.1 Å². The molecule has 0 amide bonds. The average Bonchev–Trinajstić information content (AvgIpc) is 3.18. The molecular weight excluding hydrogens is 328 g/mol. The number of benzene rings is 1. The molecule has 0 radical (unpaired) electrons. The molecule has 1 fully saturated rings. The van der Waals surface area contributed by atoms with Gasteiger partial charge in [-0.2, -0.15) is 10.5 Å². The normalized spacial score (nSPS) is 13.7. The number of pyridine rings is 1. The molecule has 1 aromatic carbocycles. The summed E-state index contributed by atoms with van der Waals surface area (Å²) in [6.45, 7) is 0. The lowest BCUT2D eigenvalue weighted by Crippen LogP contribution is -2.41. The van der Waals surface area contributed by atoms with Gasteiger partial charge in [0.15, 0.2) is 5.82 Å². The second-order valence-corrected chi connectivity index (χ2v) is 6.29. The predicted octanol–water partition coefficient (Wildman–Crippen LogP) is 2.02. The van der Waals surface area contributed by atoms with Crippen LogP contribution in [0.2, 0.25) is 0 Å². The van der Waals surface area contributed by atoms with E-state index in [2.05, 4.69) is 42.4 Å². The zero-order valence-electron chi connectivity index (χ0n) is 14.0. The molecular formula is C18H17N8+. The number of hydrogen-bond donors (Lipinski definition) is 1. The van der Waals surface area contributed by atoms with Gasteiger partial charge in [0.2, 0.25) is 12.4 Å². The molecule has 1 N–H and O–H groups in total. The Morgan fingerprint density at radius 3 is 2.73 bits per heavy atom. The van der Waals surface area contributed by atoms with E-state index >= 15 is 0 Å². The number of nitrogens with one attached hydrogen (secondary N) is 1. The molecule has 0 atom stereocenters. The van der Waals surface area contributed by atoms with Crippen LogP contribution < -0.4 is 10.1 Å². The van der Waals surface area contributed by atoms with E-state index in [-0.39, 0.29) is 0 Å². The molecule has 1 saturated carbocycles. The standard InChI is InChI=1S/C18H17N8/c1-2-14(18-22-20-13-25(18)16-4-5-16)10-15(3-1)23-24-8-6-17(7-9-24)26-12-19-11-21-26/h1-3,6-13,16,23H,4-5H2/q+1. The third kappa shape index (κ3) is 2.81. The molecule has 0 spiro atoms. The van der Waals surface area contributed by atoms with E-state index in [0.29, 0.717) is 6.04 Å². The third-order valence-electron chi connectivity index (χ3n) is 4.39. The summed E-state index contributed by atoms with van der Waals surface area (Å²) in [5.74, 6) is 0.919. The summed E-state index contributed by atoms with van der Waals surface area (Å²) in [6.07, 6.45) is 11.3. The minimum Gasteiger partial charge on any atom is -0.310 e. The van der Waals surface area contributed by atoms with Gasteiger partial charge < -0.3 is 4.57 Å². The predicted molar refractivity (Wildman–Crippen MR) is 94.3 cm³/mol. The van der Waals surface area contributed by atoms with Gasteiger partial charge in [-0.15, -0.1) is 10.2 Å². The van der Waals surface area contributed by atoms with Crippen LogP contribution in [0.4, 0.5) is 5.69 Å². The van der Waals surface area contributed by atoms with Gasteiger partial charge in [-0.1, -0.05) is 16.8 Å². The number of anilines is 1. The van der Waals surface area contributed by atoms with Crippen molar-refractivity contribution in [3.05, 3.63) is 67.8 Å². The van der Waals surface area contributed by atoms with Crippen LogP contribution in [0.15, 0.2) is 67.8 Å². The lowest BCUT2D eigenvalue weighted by atomic mass is 10.2. The van der Waals surface area contributed by atoms with Crippen LogP contribution in [0.5, 0.6) is 0 Å². The third-order valence-corrected chi connectivity index (χ3v) is 4.39. The topological polar surface area (TPSA) is 77.3 Å². The lowest BCUT2D eigenvalue weighted by molar-refractivity contribution is -0.642. The smallest absolute Gasteiger partial charge is 0.202 e. The van der Waals surface area contributed by atoms with Gasteiger partial charge in [-0.3, -0.25) is 0 Å². The molecule has 0 bridgehead atoms. The van der Waals surface area contributed by atoms with Crippen LogP contribution >= 0.6 is 0 Å². The molecule has 1 aliphatic rings. The van der Waals surface area contributed by atoms with Crippen LogP contribution in [0.1, 0.15) is 18.9 Å². The van der Waals surface area contributed by atoms with Crippen molar-refractivity contribution in [2.24, 2.45) is 0 Å². The maximum Gasteiger partial charge on any atom is 0.202 e. The fourth-order valence-electron chi connectivity index (χ4n) is 2.93. The van der Waals surface area contributed by atoms with Crippen molar-refractivity contribution in [2.75, 3.05) is 5.43 Å². The highest BCUT2D eigenvalue weighted by Crippen LogP contribution is 2.37. The maximum absolute atomic E-state index is 4.30. The van der Waals surface area contributed by atoms with Crippen molar-refractivity contribution >= 4 is 5.69 Å². The van der Waals surface area contributed by atoms with Crippen LogP contribution in [-0.4, -0.2) is 29.5 Å². The molecule has 0 saturated heterocycles. The lowest BCUT2D eigenvalue weighted by Gasteiger charge is -2.06. The molecule has 128 valence electrons. The van der Waals surface area contributed by atoms with E-state index in [1.54, 1.807) is 11.0 Å². The largest absolute Gasteiger partial charge is 0.310 e. The van der Waals surface area contributed by atoms with E-state index in [9.17, 15) is 0 Å². The molecule has 26 heavy (non-hydrogen) atoms. The molecule has 4 aromatic rings. The number of aromatic nitrogens is 7. The molecule has 0 aliphatic heterocycles. The Hall–Kier alpha value is -3.55. The molecule has 0 unspecified atom stereocenters. The summed E-state index contributed by atoms with van der Waals surface area (Å²) in [6, 6.07) is 12.7. The fraction of sp³-hybridized carbons (Fsp3) is 0.167. The summed E-state index contributed by atoms with van der Waals surface area (Å²) in [5, 5.41) is 12.5. The molecule has 3 aromatic heterocycles. The summed E-state index contributed by atoms with van der Waals surface area (Å²) in [4.78, 5) is 3.96. The zero-order chi connectivity index (χ0) is 17.3. The fourth-order valence-corrected chi connectivity index (χ4v) is 2.93. The van der Waals surface area contributed by atoms with E-state index in [4.69, 9.17) is 0 Å². The summed E-state index contributed by atoms with van der Waals surface area (Å²) in [5.41, 5.74) is 6.34. The maximum atomic E-state index is 4.30. The Kier molecular flexibility index (Phi) is 3.45. The SMILES string of the molecule is c1cc(N[n+]2ccc(-n3cncn3)cc2)cc(-c2nncn2C2CC2)c1. The van der Waals surface area contributed by atoms with Crippen LogP contribution in [0.25, 0.3) is 17.1 Å². The van der Waals surface area contributed by atoms with Gasteiger partial charge in [0.1, 0.15) is 19.0 Å². The number of nitrogens with zero attached hydrogens (tertiary/aromatic N) is 7. The van der Waals surface area contributed by atoms with Gasteiger partial charge in [0, 0.05) is 23.7 Å². The molecule has 5 rings (SSSR count).